The second-order valence-electron chi connectivity index (χ2n) is 5.26. The Bertz CT molecular complexity index is 891. The number of para-hydroxylation sites is 1. The summed E-state index contributed by atoms with van der Waals surface area (Å²) in [5.74, 6) is -0.236. The van der Waals surface area contributed by atoms with Crippen molar-refractivity contribution in [3.63, 3.8) is 0 Å². The van der Waals surface area contributed by atoms with Gasteiger partial charge in [-0.3, -0.25) is 4.79 Å². The number of aromatic nitrogens is 1. The maximum Gasteiger partial charge on any atom is 0.316 e. The van der Waals surface area contributed by atoms with Crippen molar-refractivity contribution in [3.05, 3.63) is 71.9 Å². The van der Waals surface area contributed by atoms with Gasteiger partial charge >= 0.3 is 6.03 Å². The fourth-order valence-electron chi connectivity index (χ4n) is 2.31. The molecule has 0 saturated heterocycles. The molecule has 6 heteroatoms. The smallest absolute Gasteiger partial charge is 0.316 e. The highest BCUT2D eigenvalue weighted by molar-refractivity contribution is 5.94. The van der Waals surface area contributed by atoms with Gasteiger partial charge in [0.15, 0.2) is 0 Å². The molecule has 0 radical (unpaired) electrons. The molecule has 0 aliphatic rings. The van der Waals surface area contributed by atoms with E-state index in [4.69, 9.17) is 5.73 Å². The number of nitrogens with two attached hydrogens (primary N) is 1. The minimum Gasteiger partial charge on any atom is -0.351 e. The molecule has 0 fully saturated rings. The van der Waals surface area contributed by atoms with E-state index in [9.17, 15) is 9.59 Å². The van der Waals surface area contributed by atoms with Crippen molar-refractivity contribution < 1.29 is 9.59 Å². The average Bonchev–Trinajstić information content (AvgIpc) is 2.60. The van der Waals surface area contributed by atoms with Crippen LogP contribution in [0.25, 0.3) is 10.9 Å². The first kappa shape index (κ1) is 15.5. The zero-order valence-electron chi connectivity index (χ0n) is 12.8. The van der Waals surface area contributed by atoms with Gasteiger partial charge < -0.3 is 16.4 Å². The fraction of sp³-hybridized carbons (Fsp3) is 0.0556. The van der Waals surface area contributed by atoms with Crippen LogP contribution >= 0.6 is 0 Å². The van der Waals surface area contributed by atoms with Gasteiger partial charge in [0.25, 0.3) is 5.91 Å². The molecule has 0 aliphatic heterocycles. The molecular weight excluding hydrogens is 304 g/mol. The summed E-state index contributed by atoms with van der Waals surface area (Å²) < 4.78 is 0. The van der Waals surface area contributed by atoms with E-state index in [1.165, 1.54) is 0 Å². The third-order valence-electron chi connectivity index (χ3n) is 3.51. The van der Waals surface area contributed by atoms with Crippen LogP contribution < -0.4 is 16.4 Å². The minimum absolute atomic E-state index is 0.236. The molecule has 0 bridgehead atoms. The van der Waals surface area contributed by atoms with Crippen molar-refractivity contribution in [1.29, 1.82) is 0 Å². The third-order valence-corrected chi connectivity index (χ3v) is 3.51. The molecule has 4 N–H and O–H groups in total. The van der Waals surface area contributed by atoms with E-state index in [1.807, 2.05) is 30.3 Å². The average molecular weight is 320 g/mol. The second-order valence-corrected chi connectivity index (χ2v) is 5.26. The molecule has 0 aliphatic carbocycles. The zero-order chi connectivity index (χ0) is 16.9. The quantitative estimate of drug-likeness (QED) is 0.689. The lowest BCUT2D eigenvalue weighted by Gasteiger charge is -2.07. The Morgan fingerprint density at radius 2 is 1.71 bits per heavy atom. The Hall–Kier alpha value is -3.41. The van der Waals surface area contributed by atoms with E-state index in [1.54, 1.807) is 30.3 Å². The molecule has 1 heterocycles. The van der Waals surface area contributed by atoms with Gasteiger partial charge in [-0.15, -0.1) is 0 Å². The highest BCUT2D eigenvalue weighted by Gasteiger charge is 2.08. The molecular formula is C18H16N4O2. The van der Waals surface area contributed by atoms with Crippen LogP contribution in [0.4, 0.5) is 10.5 Å². The summed E-state index contributed by atoms with van der Waals surface area (Å²) in [6.07, 6.45) is 0. The summed E-state index contributed by atoms with van der Waals surface area (Å²) in [5, 5.41) is 6.30. The number of nitrogens with one attached hydrogen (secondary N) is 2. The number of hydrogen-bond donors (Lipinski definition) is 3. The van der Waals surface area contributed by atoms with Crippen LogP contribution in [0.15, 0.2) is 60.7 Å². The molecule has 2 aromatic carbocycles. The lowest BCUT2D eigenvalue weighted by Crippen LogP contribution is -2.23. The van der Waals surface area contributed by atoms with Crippen LogP contribution in [0.2, 0.25) is 0 Å². The predicted octanol–water partition coefficient (Wildman–Crippen LogP) is 2.66. The number of nitrogens with zero attached hydrogens (tertiary/aromatic N) is 1. The number of primary amides is 1. The van der Waals surface area contributed by atoms with Gasteiger partial charge in [-0.05, 0) is 29.8 Å². The number of pyridine rings is 1. The van der Waals surface area contributed by atoms with Crippen LogP contribution in [0.1, 0.15) is 16.1 Å². The van der Waals surface area contributed by atoms with Crippen molar-refractivity contribution in [1.82, 2.24) is 10.3 Å². The summed E-state index contributed by atoms with van der Waals surface area (Å²) in [7, 11) is 0. The minimum atomic E-state index is -0.613. The monoisotopic (exact) mass is 320 g/mol. The third kappa shape index (κ3) is 3.67. The van der Waals surface area contributed by atoms with Crippen LogP contribution in [-0.4, -0.2) is 16.9 Å². The Balaban J connectivity index is 1.64. The predicted molar refractivity (Wildman–Crippen MR) is 92.6 cm³/mol. The molecule has 6 nitrogen and oxygen atoms in total. The molecule has 0 atom stereocenters. The standard InChI is InChI=1S/C18H16N4O2/c19-18(24)21-14-8-5-12(6-9-14)11-20-17(23)16-10-7-13-3-1-2-4-15(13)22-16/h1-10H,11H2,(H,20,23)(H3,19,21,24). The first-order valence-corrected chi connectivity index (χ1v) is 7.41. The van der Waals surface area contributed by atoms with Crippen molar-refractivity contribution in [3.8, 4) is 0 Å². The van der Waals surface area contributed by atoms with Crippen LogP contribution in [0.5, 0.6) is 0 Å². The van der Waals surface area contributed by atoms with E-state index in [0.29, 0.717) is 17.9 Å². The van der Waals surface area contributed by atoms with Crippen molar-refractivity contribution in [2.45, 2.75) is 6.54 Å². The Kier molecular flexibility index (Phi) is 4.38. The van der Waals surface area contributed by atoms with Gasteiger partial charge in [0.1, 0.15) is 5.69 Å². The fourth-order valence-corrected chi connectivity index (χ4v) is 2.31. The number of hydrogen-bond acceptors (Lipinski definition) is 3. The largest absolute Gasteiger partial charge is 0.351 e. The molecule has 120 valence electrons. The highest BCUT2D eigenvalue weighted by atomic mass is 16.2. The van der Waals surface area contributed by atoms with Crippen LogP contribution in [0.3, 0.4) is 0 Å². The molecule has 24 heavy (non-hydrogen) atoms. The topological polar surface area (TPSA) is 97.1 Å². The first-order chi connectivity index (χ1) is 11.6. The van der Waals surface area contributed by atoms with Crippen molar-refractivity contribution in [2.75, 3.05) is 5.32 Å². The zero-order valence-corrected chi connectivity index (χ0v) is 12.8. The summed E-state index contributed by atoms with van der Waals surface area (Å²) >= 11 is 0. The lowest BCUT2D eigenvalue weighted by atomic mass is 10.2. The SMILES string of the molecule is NC(=O)Nc1ccc(CNC(=O)c2ccc3ccccc3n2)cc1. The normalized spacial score (nSPS) is 10.3. The van der Waals surface area contributed by atoms with E-state index in [0.717, 1.165) is 16.5 Å². The first-order valence-electron chi connectivity index (χ1n) is 7.41. The Morgan fingerprint density at radius 3 is 2.46 bits per heavy atom. The van der Waals surface area contributed by atoms with Crippen LogP contribution in [0, 0.1) is 0 Å². The Morgan fingerprint density at radius 1 is 0.958 bits per heavy atom. The molecule has 1 aromatic heterocycles. The summed E-state index contributed by atoms with van der Waals surface area (Å²) in [4.78, 5) is 27.4. The van der Waals surface area contributed by atoms with Gasteiger partial charge in [0, 0.05) is 17.6 Å². The summed E-state index contributed by atoms with van der Waals surface area (Å²) in [6.45, 7) is 0.365. The number of anilines is 1. The van der Waals surface area contributed by atoms with E-state index < -0.39 is 6.03 Å². The van der Waals surface area contributed by atoms with Crippen molar-refractivity contribution >= 4 is 28.5 Å². The summed E-state index contributed by atoms with van der Waals surface area (Å²) in [5.41, 5.74) is 7.72. The van der Waals surface area contributed by atoms with Gasteiger partial charge in [0.2, 0.25) is 0 Å². The number of rotatable bonds is 4. The van der Waals surface area contributed by atoms with E-state index >= 15 is 0 Å². The molecule has 0 unspecified atom stereocenters. The molecule has 3 amide bonds. The highest BCUT2D eigenvalue weighted by Crippen LogP contribution is 2.12. The molecule has 3 rings (SSSR count). The summed E-state index contributed by atoms with van der Waals surface area (Å²) in [6, 6.07) is 17.7. The Labute approximate surface area is 138 Å². The lowest BCUT2D eigenvalue weighted by molar-refractivity contribution is 0.0946. The molecule has 3 aromatic rings. The number of amides is 3. The van der Waals surface area contributed by atoms with Gasteiger partial charge in [-0.2, -0.15) is 0 Å². The maximum atomic E-state index is 12.2. The maximum absolute atomic E-state index is 12.2. The number of carbonyl (C=O) groups excluding carboxylic acids is 2. The van der Waals surface area contributed by atoms with E-state index in [2.05, 4.69) is 15.6 Å². The number of fused-ring (bicyclic) bond motifs is 1. The molecule has 0 spiro atoms. The van der Waals surface area contributed by atoms with Gasteiger partial charge in [-0.1, -0.05) is 36.4 Å². The van der Waals surface area contributed by atoms with Gasteiger partial charge in [-0.25, -0.2) is 9.78 Å². The molecule has 0 saturated carbocycles. The second kappa shape index (κ2) is 6.78. The van der Waals surface area contributed by atoms with Crippen LogP contribution in [-0.2, 0) is 6.54 Å². The number of carbonyl (C=O) groups is 2. The van der Waals surface area contributed by atoms with Crippen molar-refractivity contribution in [2.24, 2.45) is 5.73 Å². The van der Waals surface area contributed by atoms with Gasteiger partial charge in [0.05, 0.1) is 5.52 Å². The number of benzene rings is 2. The van der Waals surface area contributed by atoms with E-state index in [-0.39, 0.29) is 5.91 Å². The number of urea groups is 1.